The first-order valence-electron chi connectivity index (χ1n) is 6.28. The van der Waals surface area contributed by atoms with Crippen LogP contribution in [0, 0.1) is 0 Å². The number of carbonyl (C=O) groups excluding carboxylic acids is 1. The fourth-order valence-electron chi connectivity index (χ4n) is 1.77. The Morgan fingerprint density at radius 3 is 2.31 bits per heavy atom. The largest absolute Gasteiger partial charge is 0.368 e. The molecular weight excluding hydrogens is 202 g/mol. The van der Waals surface area contributed by atoms with Crippen molar-refractivity contribution in [3.63, 3.8) is 0 Å². The first-order valence-corrected chi connectivity index (χ1v) is 6.28. The zero-order valence-electron chi connectivity index (χ0n) is 11.1. The molecule has 0 saturated carbocycles. The van der Waals surface area contributed by atoms with Gasteiger partial charge in [-0.1, -0.05) is 27.7 Å². The molecule has 96 valence electrons. The minimum absolute atomic E-state index is 0.203. The summed E-state index contributed by atoms with van der Waals surface area (Å²) in [5.41, 5.74) is 5.37. The Hall–Kier alpha value is -0.610. The number of nitrogens with one attached hydrogen (secondary N) is 1. The third-order valence-electron chi connectivity index (χ3n) is 2.60. The molecule has 0 radical (unpaired) electrons. The van der Waals surface area contributed by atoms with Crippen LogP contribution in [-0.2, 0) is 4.79 Å². The third kappa shape index (κ3) is 6.80. The third-order valence-corrected chi connectivity index (χ3v) is 2.60. The molecule has 0 saturated heterocycles. The van der Waals surface area contributed by atoms with Gasteiger partial charge < -0.3 is 16.0 Å². The summed E-state index contributed by atoms with van der Waals surface area (Å²) in [6, 6.07) is 0.0876. The van der Waals surface area contributed by atoms with Gasteiger partial charge >= 0.3 is 0 Å². The molecule has 0 aliphatic rings. The summed E-state index contributed by atoms with van der Waals surface area (Å²) < 4.78 is 0. The molecule has 16 heavy (non-hydrogen) atoms. The summed E-state index contributed by atoms with van der Waals surface area (Å²) in [6.45, 7) is 11.4. The highest BCUT2D eigenvalue weighted by Gasteiger charge is 2.16. The predicted octanol–water partition coefficient (Wildman–Crippen LogP) is 0.960. The SMILES string of the molecule is CCCN(CC)CCC(NC(C)C)C(N)=O. The smallest absolute Gasteiger partial charge is 0.234 e. The average Bonchev–Trinajstić information content (AvgIpc) is 2.21. The number of amides is 1. The van der Waals surface area contributed by atoms with Crippen molar-refractivity contribution < 1.29 is 4.79 Å². The molecule has 1 amide bonds. The normalized spacial score (nSPS) is 13.4. The summed E-state index contributed by atoms with van der Waals surface area (Å²) in [4.78, 5) is 13.6. The Morgan fingerprint density at radius 2 is 1.94 bits per heavy atom. The molecule has 0 heterocycles. The molecule has 4 heteroatoms. The Labute approximate surface area is 99.6 Å². The van der Waals surface area contributed by atoms with E-state index in [0.717, 1.165) is 32.5 Å². The second-order valence-corrected chi connectivity index (χ2v) is 4.50. The van der Waals surface area contributed by atoms with E-state index in [-0.39, 0.29) is 11.9 Å². The van der Waals surface area contributed by atoms with E-state index in [1.165, 1.54) is 0 Å². The van der Waals surface area contributed by atoms with Gasteiger partial charge in [0.05, 0.1) is 6.04 Å². The lowest BCUT2D eigenvalue weighted by molar-refractivity contribution is -0.120. The molecule has 4 nitrogen and oxygen atoms in total. The predicted molar refractivity (Wildman–Crippen MR) is 68.3 cm³/mol. The number of carbonyl (C=O) groups is 1. The van der Waals surface area contributed by atoms with Crippen molar-refractivity contribution in [2.75, 3.05) is 19.6 Å². The Morgan fingerprint density at radius 1 is 1.31 bits per heavy atom. The van der Waals surface area contributed by atoms with Gasteiger partial charge in [0.2, 0.25) is 5.91 Å². The number of rotatable bonds is 9. The van der Waals surface area contributed by atoms with E-state index in [2.05, 4.69) is 24.1 Å². The molecule has 0 spiro atoms. The highest BCUT2D eigenvalue weighted by atomic mass is 16.1. The van der Waals surface area contributed by atoms with Crippen molar-refractivity contribution in [3.8, 4) is 0 Å². The molecule has 1 unspecified atom stereocenters. The highest BCUT2D eigenvalue weighted by molar-refractivity contribution is 5.79. The van der Waals surface area contributed by atoms with Crippen molar-refractivity contribution in [2.45, 2.75) is 52.6 Å². The summed E-state index contributed by atoms with van der Waals surface area (Å²) in [7, 11) is 0. The lowest BCUT2D eigenvalue weighted by atomic mass is 10.1. The van der Waals surface area contributed by atoms with Crippen molar-refractivity contribution in [2.24, 2.45) is 5.73 Å². The Balaban J connectivity index is 4.04. The fraction of sp³-hybridized carbons (Fsp3) is 0.917. The van der Waals surface area contributed by atoms with E-state index in [1.54, 1.807) is 0 Å². The molecule has 3 N–H and O–H groups in total. The summed E-state index contributed by atoms with van der Waals surface area (Å²) >= 11 is 0. The number of nitrogens with two attached hydrogens (primary N) is 1. The van der Waals surface area contributed by atoms with Crippen LogP contribution in [0.4, 0.5) is 0 Å². The van der Waals surface area contributed by atoms with Gasteiger partial charge in [-0.3, -0.25) is 4.79 Å². The van der Waals surface area contributed by atoms with Crippen LogP contribution in [0.3, 0.4) is 0 Å². The van der Waals surface area contributed by atoms with Crippen LogP contribution in [0.1, 0.15) is 40.5 Å². The summed E-state index contributed by atoms with van der Waals surface area (Å²) in [5.74, 6) is -0.249. The molecule has 0 fully saturated rings. The van der Waals surface area contributed by atoms with E-state index in [1.807, 2.05) is 13.8 Å². The van der Waals surface area contributed by atoms with Crippen molar-refractivity contribution in [1.29, 1.82) is 0 Å². The monoisotopic (exact) mass is 229 g/mol. The van der Waals surface area contributed by atoms with Crippen LogP contribution < -0.4 is 11.1 Å². The van der Waals surface area contributed by atoms with Gasteiger partial charge in [0.25, 0.3) is 0 Å². The number of hydrogen-bond donors (Lipinski definition) is 2. The minimum atomic E-state index is -0.249. The highest BCUT2D eigenvalue weighted by Crippen LogP contribution is 1.99. The second kappa shape index (κ2) is 8.53. The van der Waals surface area contributed by atoms with E-state index in [0.29, 0.717) is 6.04 Å². The number of hydrogen-bond acceptors (Lipinski definition) is 3. The molecule has 0 aromatic rings. The molecule has 0 aromatic heterocycles. The van der Waals surface area contributed by atoms with Gasteiger partial charge in [0, 0.05) is 12.6 Å². The van der Waals surface area contributed by atoms with E-state index < -0.39 is 0 Å². The Bertz CT molecular complexity index is 195. The molecule has 0 aromatic carbocycles. The number of nitrogens with zero attached hydrogens (tertiary/aromatic N) is 1. The molecule has 0 aliphatic heterocycles. The van der Waals surface area contributed by atoms with Crippen LogP contribution in [0.5, 0.6) is 0 Å². The van der Waals surface area contributed by atoms with Gasteiger partial charge in [-0.25, -0.2) is 0 Å². The standard InChI is InChI=1S/C12H27N3O/c1-5-8-15(6-2)9-7-11(12(13)16)14-10(3)4/h10-11,14H,5-9H2,1-4H3,(H2,13,16). The van der Waals surface area contributed by atoms with E-state index >= 15 is 0 Å². The molecule has 1 atom stereocenters. The van der Waals surface area contributed by atoms with Gasteiger partial charge in [-0.05, 0) is 25.9 Å². The molecule has 0 rings (SSSR count). The summed E-state index contributed by atoms with van der Waals surface area (Å²) in [5, 5.41) is 3.20. The van der Waals surface area contributed by atoms with E-state index in [9.17, 15) is 4.79 Å². The topological polar surface area (TPSA) is 58.4 Å². The first-order chi connectivity index (χ1) is 7.51. The number of primary amides is 1. The van der Waals surface area contributed by atoms with Gasteiger partial charge in [0.1, 0.15) is 0 Å². The fourth-order valence-corrected chi connectivity index (χ4v) is 1.77. The first kappa shape index (κ1) is 15.4. The van der Waals surface area contributed by atoms with Crippen molar-refractivity contribution >= 4 is 5.91 Å². The Kier molecular flexibility index (Phi) is 8.21. The van der Waals surface area contributed by atoms with Crippen molar-refractivity contribution in [1.82, 2.24) is 10.2 Å². The zero-order valence-corrected chi connectivity index (χ0v) is 11.1. The van der Waals surface area contributed by atoms with Gasteiger partial charge in [-0.15, -0.1) is 0 Å². The van der Waals surface area contributed by atoms with Gasteiger partial charge in [0.15, 0.2) is 0 Å². The maximum Gasteiger partial charge on any atom is 0.234 e. The van der Waals surface area contributed by atoms with Crippen LogP contribution in [0.25, 0.3) is 0 Å². The average molecular weight is 229 g/mol. The molecular formula is C12H27N3O. The van der Waals surface area contributed by atoms with Crippen LogP contribution in [-0.4, -0.2) is 42.5 Å². The maximum absolute atomic E-state index is 11.2. The summed E-state index contributed by atoms with van der Waals surface area (Å²) in [6.07, 6.45) is 1.94. The second-order valence-electron chi connectivity index (χ2n) is 4.50. The zero-order chi connectivity index (χ0) is 12.6. The van der Waals surface area contributed by atoms with Crippen LogP contribution in [0.2, 0.25) is 0 Å². The lowest BCUT2D eigenvalue weighted by Crippen LogP contribution is -2.46. The van der Waals surface area contributed by atoms with E-state index in [4.69, 9.17) is 5.73 Å². The lowest BCUT2D eigenvalue weighted by Gasteiger charge is -2.23. The maximum atomic E-state index is 11.2. The van der Waals surface area contributed by atoms with Crippen LogP contribution >= 0.6 is 0 Å². The molecule has 0 bridgehead atoms. The molecule has 0 aliphatic carbocycles. The van der Waals surface area contributed by atoms with Crippen LogP contribution in [0.15, 0.2) is 0 Å². The van der Waals surface area contributed by atoms with Crippen molar-refractivity contribution in [3.05, 3.63) is 0 Å². The quantitative estimate of drug-likeness (QED) is 0.619. The van der Waals surface area contributed by atoms with Gasteiger partial charge in [-0.2, -0.15) is 0 Å². The minimum Gasteiger partial charge on any atom is -0.368 e.